The number of ether oxygens (including phenoxy) is 1. The summed E-state index contributed by atoms with van der Waals surface area (Å²) < 4.78 is 5.59. The Bertz CT molecular complexity index is 548. The highest BCUT2D eigenvalue weighted by molar-refractivity contribution is 9.10. The van der Waals surface area contributed by atoms with E-state index in [9.17, 15) is 4.79 Å². The summed E-state index contributed by atoms with van der Waals surface area (Å²) in [6, 6.07) is 3.93. The van der Waals surface area contributed by atoms with Crippen LogP contribution in [0.3, 0.4) is 0 Å². The predicted octanol–water partition coefficient (Wildman–Crippen LogP) is 2.35. The van der Waals surface area contributed by atoms with Crippen LogP contribution in [0.4, 0.5) is 0 Å². The molecular weight excluding hydrogens is 272 g/mol. The fourth-order valence-electron chi connectivity index (χ4n) is 1.59. The third kappa shape index (κ3) is 2.09. The van der Waals surface area contributed by atoms with E-state index in [1.165, 1.54) is 7.11 Å². The molecule has 1 N–H and O–H groups in total. The minimum atomic E-state index is -0.296. The lowest BCUT2D eigenvalue weighted by Gasteiger charge is -1.94. The molecule has 0 bridgehead atoms. The number of carbonyl (C=O) groups is 1. The summed E-state index contributed by atoms with van der Waals surface area (Å²) in [5, 5.41) is 0. The van der Waals surface area contributed by atoms with Crippen molar-refractivity contribution < 1.29 is 9.53 Å². The molecule has 16 heavy (non-hydrogen) atoms. The molecular formula is C11H11BrN2O2. The van der Waals surface area contributed by atoms with Crippen molar-refractivity contribution in [2.75, 3.05) is 7.11 Å². The van der Waals surface area contributed by atoms with Crippen LogP contribution >= 0.6 is 15.9 Å². The normalized spacial score (nSPS) is 10.7. The third-order valence-corrected chi connectivity index (χ3v) is 2.79. The number of methoxy groups -OCH3 is 1. The highest BCUT2D eigenvalue weighted by Crippen LogP contribution is 2.22. The van der Waals surface area contributed by atoms with Gasteiger partial charge in [-0.05, 0) is 24.6 Å². The van der Waals surface area contributed by atoms with Gasteiger partial charge in [-0.25, -0.2) is 4.98 Å². The van der Waals surface area contributed by atoms with Crippen molar-refractivity contribution in [2.24, 2.45) is 0 Å². The number of hydrogen-bond donors (Lipinski definition) is 1. The number of carbonyl (C=O) groups excluding carboxylic acids is 1. The lowest BCUT2D eigenvalue weighted by atomic mass is 10.2. The second kappa shape index (κ2) is 4.25. The van der Waals surface area contributed by atoms with Gasteiger partial charge in [0.2, 0.25) is 0 Å². The van der Waals surface area contributed by atoms with Crippen LogP contribution in [0, 0.1) is 6.92 Å². The van der Waals surface area contributed by atoms with Crippen molar-refractivity contribution in [3.8, 4) is 0 Å². The molecule has 2 aromatic rings. The van der Waals surface area contributed by atoms with Gasteiger partial charge in [-0.15, -0.1) is 0 Å². The maximum Gasteiger partial charge on any atom is 0.313 e. The van der Waals surface area contributed by atoms with Gasteiger partial charge < -0.3 is 9.72 Å². The Morgan fingerprint density at radius 2 is 2.31 bits per heavy atom. The van der Waals surface area contributed by atoms with Gasteiger partial charge in [-0.2, -0.15) is 0 Å². The summed E-state index contributed by atoms with van der Waals surface area (Å²) in [6.45, 7) is 1.98. The zero-order chi connectivity index (χ0) is 11.7. The van der Waals surface area contributed by atoms with Gasteiger partial charge in [-0.3, -0.25) is 4.79 Å². The first kappa shape index (κ1) is 11.1. The van der Waals surface area contributed by atoms with Crippen molar-refractivity contribution in [1.82, 2.24) is 9.97 Å². The number of fused-ring (bicyclic) bond motifs is 1. The van der Waals surface area contributed by atoms with Gasteiger partial charge in [0.1, 0.15) is 12.2 Å². The number of imidazole rings is 1. The molecule has 0 fully saturated rings. The van der Waals surface area contributed by atoms with Crippen LogP contribution in [0.5, 0.6) is 0 Å². The van der Waals surface area contributed by atoms with Crippen LogP contribution in [-0.4, -0.2) is 23.0 Å². The van der Waals surface area contributed by atoms with Crippen LogP contribution < -0.4 is 0 Å². The number of aromatic nitrogens is 2. The van der Waals surface area contributed by atoms with E-state index in [1.54, 1.807) is 0 Å². The molecule has 0 atom stereocenters. The Balaban J connectivity index is 2.44. The Hall–Kier alpha value is -1.36. The predicted molar refractivity (Wildman–Crippen MR) is 64.3 cm³/mol. The SMILES string of the molecule is COC(=O)Cc1nc2c(C)cc(Br)cc2[nH]1. The molecule has 2 rings (SSSR count). The second-order valence-corrected chi connectivity index (χ2v) is 4.47. The zero-order valence-corrected chi connectivity index (χ0v) is 10.6. The molecule has 0 saturated carbocycles. The van der Waals surface area contributed by atoms with E-state index in [2.05, 4.69) is 30.6 Å². The summed E-state index contributed by atoms with van der Waals surface area (Å²) in [6.07, 6.45) is 0.169. The Morgan fingerprint density at radius 1 is 1.56 bits per heavy atom. The molecule has 4 nitrogen and oxygen atoms in total. The summed E-state index contributed by atoms with van der Waals surface area (Å²) in [4.78, 5) is 18.6. The highest BCUT2D eigenvalue weighted by Gasteiger charge is 2.10. The maximum absolute atomic E-state index is 11.1. The largest absolute Gasteiger partial charge is 0.469 e. The molecule has 0 aliphatic rings. The van der Waals surface area contributed by atoms with Crippen LogP contribution in [0.25, 0.3) is 11.0 Å². The van der Waals surface area contributed by atoms with Crippen molar-refractivity contribution in [3.05, 3.63) is 28.0 Å². The van der Waals surface area contributed by atoms with Crippen molar-refractivity contribution in [3.63, 3.8) is 0 Å². The molecule has 1 aromatic carbocycles. The number of aryl methyl sites for hydroxylation is 1. The lowest BCUT2D eigenvalue weighted by molar-refractivity contribution is -0.139. The Labute approximate surface area is 101 Å². The number of hydrogen-bond acceptors (Lipinski definition) is 3. The van der Waals surface area contributed by atoms with Gasteiger partial charge in [0, 0.05) is 4.47 Å². The summed E-state index contributed by atoms with van der Waals surface area (Å²) in [7, 11) is 1.37. The van der Waals surface area contributed by atoms with Gasteiger partial charge in [0.15, 0.2) is 0 Å². The third-order valence-electron chi connectivity index (χ3n) is 2.33. The first-order valence-electron chi connectivity index (χ1n) is 4.81. The van der Waals surface area contributed by atoms with E-state index in [4.69, 9.17) is 0 Å². The molecule has 0 amide bonds. The second-order valence-electron chi connectivity index (χ2n) is 3.56. The number of nitrogens with zero attached hydrogens (tertiary/aromatic N) is 1. The molecule has 1 heterocycles. The minimum absolute atomic E-state index is 0.169. The van der Waals surface area contributed by atoms with Gasteiger partial charge in [0.25, 0.3) is 0 Å². The summed E-state index contributed by atoms with van der Waals surface area (Å²) >= 11 is 3.42. The van der Waals surface area contributed by atoms with E-state index in [0.29, 0.717) is 5.82 Å². The first-order chi connectivity index (χ1) is 7.60. The van der Waals surface area contributed by atoms with Crippen molar-refractivity contribution >= 4 is 32.9 Å². The molecule has 0 saturated heterocycles. The fraction of sp³-hybridized carbons (Fsp3) is 0.273. The quantitative estimate of drug-likeness (QED) is 0.861. The first-order valence-corrected chi connectivity index (χ1v) is 5.61. The highest BCUT2D eigenvalue weighted by atomic mass is 79.9. The van der Waals surface area contributed by atoms with Gasteiger partial charge >= 0.3 is 5.97 Å². The standard InChI is InChI=1S/C11H11BrN2O2/c1-6-3-7(12)4-8-11(6)14-9(13-8)5-10(15)16-2/h3-4H,5H2,1-2H3,(H,13,14). The fourth-order valence-corrected chi connectivity index (χ4v) is 2.16. The number of aromatic amines is 1. The van der Waals surface area contributed by atoms with Gasteiger partial charge in [0.05, 0.1) is 18.1 Å². The number of esters is 1. The molecule has 0 unspecified atom stereocenters. The van der Waals surface area contributed by atoms with E-state index in [1.807, 2.05) is 19.1 Å². The van der Waals surface area contributed by atoms with Crippen LogP contribution in [-0.2, 0) is 16.0 Å². The summed E-state index contributed by atoms with van der Waals surface area (Å²) in [5.41, 5.74) is 2.88. The number of H-pyrrole nitrogens is 1. The topological polar surface area (TPSA) is 55.0 Å². The van der Waals surface area contributed by atoms with Crippen molar-refractivity contribution in [1.29, 1.82) is 0 Å². The molecule has 0 aliphatic carbocycles. The monoisotopic (exact) mass is 282 g/mol. The molecule has 1 aromatic heterocycles. The molecule has 5 heteroatoms. The van der Waals surface area contributed by atoms with E-state index in [-0.39, 0.29) is 12.4 Å². The van der Waals surface area contributed by atoms with Crippen LogP contribution in [0.15, 0.2) is 16.6 Å². The lowest BCUT2D eigenvalue weighted by Crippen LogP contribution is -2.05. The Morgan fingerprint density at radius 3 is 3.00 bits per heavy atom. The average Bonchev–Trinajstić information content (AvgIpc) is 2.60. The molecule has 84 valence electrons. The number of rotatable bonds is 2. The molecule has 0 radical (unpaired) electrons. The molecule has 0 aliphatic heterocycles. The number of benzene rings is 1. The van der Waals surface area contributed by atoms with Crippen LogP contribution in [0.2, 0.25) is 0 Å². The van der Waals surface area contributed by atoms with Crippen molar-refractivity contribution in [2.45, 2.75) is 13.3 Å². The summed E-state index contributed by atoms with van der Waals surface area (Å²) in [5.74, 6) is 0.332. The minimum Gasteiger partial charge on any atom is -0.469 e. The number of halogens is 1. The van der Waals surface area contributed by atoms with E-state index in [0.717, 1.165) is 21.1 Å². The van der Waals surface area contributed by atoms with Crippen LogP contribution in [0.1, 0.15) is 11.4 Å². The zero-order valence-electron chi connectivity index (χ0n) is 9.00. The average molecular weight is 283 g/mol. The number of nitrogens with one attached hydrogen (secondary N) is 1. The molecule has 0 spiro atoms. The Kier molecular flexibility index (Phi) is 2.96. The van der Waals surface area contributed by atoms with E-state index >= 15 is 0 Å². The van der Waals surface area contributed by atoms with E-state index < -0.39 is 0 Å². The smallest absolute Gasteiger partial charge is 0.313 e. The van der Waals surface area contributed by atoms with Gasteiger partial charge in [-0.1, -0.05) is 15.9 Å². The maximum atomic E-state index is 11.1.